The van der Waals surface area contributed by atoms with E-state index in [1.807, 2.05) is 84.9 Å². The molecule has 0 aliphatic heterocycles. The summed E-state index contributed by atoms with van der Waals surface area (Å²) in [5.41, 5.74) is 8.99. The molecule has 4 rings (SSSR count). The van der Waals surface area contributed by atoms with E-state index >= 15 is 0 Å². The zero-order chi connectivity index (χ0) is 17.1. The van der Waals surface area contributed by atoms with Crippen molar-refractivity contribution in [2.45, 2.75) is 0 Å². The minimum atomic E-state index is 0.0397. The van der Waals surface area contributed by atoms with Crippen LogP contribution >= 0.6 is 11.3 Å². The quantitative estimate of drug-likeness (QED) is 0.489. The summed E-state index contributed by atoms with van der Waals surface area (Å²) in [6, 6.07) is 27.3. The molecule has 3 aromatic carbocycles. The normalized spacial score (nSPS) is 10.6. The molecule has 122 valence electrons. The first-order chi connectivity index (χ1) is 12.3. The Morgan fingerprint density at radius 2 is 1.32 bits per heavy atom. The second-order valence-corrected chi connectivity index (χ2v) is 6.67. The van der Waals surface area contributed by atoms with Gasteiger partial charge in [0, 0.05) is 10.1 Å². The maximum atomic E-state index is 13.1. The molecule has 0 spiro atoms. The Morgan fingerprint density at radius 1 is 0.680 bits per heavy atom. The topological polar surface area (TPSA) is 41.1 Å². The zero-order valence-electron chi connectivity index (χ0n) is 13.4. The van der Waals surface area contributed by atoms with E-state index in [4.69, 9.17) is 0 Å². The van der Waals surface area contributed by atoms with Crippen molar-refractivity contribution in [3.8, 4) is 11.1 Å². The van der Waals surface area contributed by atoms with Crippen LogP contribution in [0, 0.1) is 0 Å². The lowest BCUT2D eigenvalue weighted by Crippen LogP contribution is -2.13. The highest BCUT2D eigenvalue weighted by atomic mass is 32.1. The molecule has 1 aromatic heterocycles. The molecule has 0 unspecified atom stereocenters. The average molecular weight is 344 g/mol. The van der Waals surface area contributed by atoms with E-state index in [0.717, 1.165) is 26.3 Å². The minimum absolute atomic E-state index is 0.0397. The van der Waals surface area contributed by atoms with Gasteiger partial charge in [-0.1, -0.05) is 60.7 Å². The summed E-state index contributed by atoms with van der Waals surface area (Å²) < 4.78 is 0.963. The summed E-state index contributed by atoms with van der Waals surface area (Å²) in [7, 11) is 0. The van der Waals surface area contributed by atoms with E-state index in [1.165, 1.54) is 0 Å². The van der Waals surface area contributed by atoms with Crippen LogP contribution < -0.4 is 16.3 Å². The van der Waals surface area contributed by atoms with Crippen molar-refractivity contribution in [3.63, 3.8) is 0 Å². The highest BCUT2D eigenvalue weighted by molar-refractivity contribution is 7.22. The Kier molecular flexibility index (Phi) is 4.19. The van der Waals surface area contributed by atoms with Crippen LogP contribution in [0.25, 0.3) is 21.2 Å². The van der Waals surface area contributed by atoms with Crippen LogP contribution in [-0.4, -0.2) is 0 Å². The monoisotopic (exact) mass is 344 g/mol. The van der Waals surface area contributed by atoms with E-state index in [9.17, 15) is 4.79 Å². The molecule has 0 saturated carbocycles. The van der Waals surface area contributed by atoms with Crippen molar-refractivity contribution in [3.05, 3.63) is 95.2 Å². The molecule has 25 heavy (non-hydrogen) atoms. The van der Waals surface area contributed by atoms with Crippen molar-refractivity contribution < 1.29 is 0 Å². The van der Waals surface area contributed by atoms with Crippen LogP contribution in [0.2, 0.25) is 0 Å². The average Bonchev–Trinajstić information content (AvgIpc) is 2.68. The van der Waals surface area contributed by atoms with Crippen LogP contribution in [-0.2, 0) is 0 Å². The van der Waals surface area contributed by atoms with Gasteiger partial charge in [0.2, 0.25) is 0 Å². The standard InChI is InChI=1S/C21H16N2OS/c24-20-17-13-7-8-14-18(17)25-21(19(20)15-9-3-1-4-10-15)23-22-16-11-5-2-6-12-16/h1-14,22-23H. The summed E-state index contributed by atoms with van der Waals surface area (Å²) >= 11 is 1.57. The molecular weight excluding hydrogens is 328 g/mol. The second-order valence-electron chi connectivity index (χ2n) is 5.61. The van der Waals surface area contributed by atoms with Crippen LogP contribution in [0.3, 0.4) is 0 Å². The van der Waals surface area contributed by atoms with Gasteiger partial charge in [-0.25, -0.2) is 0 Å². The molecule has 0 saturated heterocycles. The van der Waals surface area contributed by atoms with E-state index < -0.39 is 0 Å². The molecule has 0 bridgehead atoms. The van der Waals surface area contributed by atoms with Gasteiger partial charge in [0.05, 0.1) is 11.3 Å². The first-order valence-corrected chi connectivity index (χ1v) is 8.83. The number of fused-ring (bicyclic) bond motifs is 1. The van der Waals surface area contributed by atoms with Crippen LogP contribution in [0.5, 0.6) is 0 Å². The van der Waals surface area contributed by atoms with E-state index in [1.54, 1.807) is 11.3 Å². The Labute approximate surface area is 149 Å². The van der Waals surface area contributed by atoms with Crippen molar-refractivity contribution in [1.82, 2.24) is 0 Å². The predicted molar refractivity (Wildman–Crippen MR) is 107 cm³/mol. The highest BCUT2D eigenvalue weighted by Gasteiger charge is 2.14. The number of para-hydroxylation sites is 1. The summed E-state index contributed by atoms with van der Waals surface area (Å²) in [6.45, 7) is 0. The van der Waals surface area contributed by atoms with Gasteiger partial charge in [-0.3, -0.25) is 10.2 Å². The first kappa shape index (κ1) is 15.4. The van der Waals surface area contributed by atoms with Gasteiger partial charge in [0.15, 0.2) is 5.43 Å². The van der Waals surface area contributed by atoms with Crippen molar-refractivity contribution >= 4 is 32.1 Å². The molecule has 1 heterocycles. The number of hydrogen-bond donors (Lipinski definition) is 2. The molecule has 0 aliphatic rings. The minimum Gasteiger partial charge on any atom is -0.300 e. The molecule has 2 N–H and O–H groups in total. The maximum absolute atomic E-state index is 13.1. The van der Waals surface area contributed by atoms with E-state index in [0.29, 0.717) is 5.56 Å². The Bertz CT molecular complexity index is 1060. The number of hydrazine groups is 1. The third kappa shape index (κ3) is 3.12. The largest absolute Gasteiger partial charge is 0.300 e. The molecule has 4 aromatic rings. The van der Waals surface area contributed by atoms with Gasteiger partial charge in [0.25, 0.3) is 0 Å². The summed E-state index contributed by atoms with van der Waals surface area (Å²) in [4.78, 5) is 13.1. The second kappa shape index (κ2) is 6.79. The number of nitrogens with one attached hydrogen (secondary N) is 2. The molecular formula is C21H16N2OS. The lowest BCUT2D eigenvalue weighted by Gasteiger charge is -2.14. The summed E-state index contributed by atoms with van der Waals surface area (Å²) in [6.07, 6.45) is 0. The number of anilines is 2. The fourth-order valence-corrected chi connectivity index (χ4v) is 3.80. The van der Waals surface area contributed by atoms with Crippen LogP contribution in [0.4, 0.5) is 10.7 Å². The van der Waals surface area contributed by atoms with Gasteiger partial charge in [0.1, 0.15) is 5.00 Å². The smallest absolute Gasteiger partial charge is 0.198 e. The Morgan fingerprint density at radius 3 is 2.08 bits per heavy atom. The predicted octanol–water partition coefficient (Wildman–Crippen LogP) is 5.37. The SMILES string of the molecule is O=c1c(-c2ccccc2)c(NNc2ccccc2)sc2ccccc12. The molecule has 4 heteroatoms. The van der Waals surface area contributed by atoms with E-state index in [-0.39, 0.29) is 5.43 Å². The lowest BCUT2D eigenvalue weighted by atomic mass is 10.1. The number of benzene rings is 3. The molecule has 3 nitrogen and oxygen atoms in total. The van der Waals surface area contributed by atoms with Gasteiger partial charge in [-0.2, -0.15) is 0 Å². The van der Waals surface area contributed by atoms with Crippen molar-refractivity contribution in [2.75, 3.05) is 10.9 Å². The van der Waals surface area contributed by atoms with Crippen LogP contribution in [0.1, 0.15) is 0 Å². The Balaban J connectivity index is 1.85. The number of rotatable bonds is 4. The fourth-order valence-electron chi connectivity index (χ4n) is 2.75. The molecule has 0 aliphatic carbocycles. The third-order valence-corrected chi connectivity index (χ3v) is 5.04. The molecule has 0 amide bonds. The highest BCUT2D eigenvalue weighted by Crippen LogP contribution is 2.33. The van der Waals surface area contributed by atoms with Crippen molar-refractivity contribution in [1.29, 1.82) is 0 Å². The molecule has 0 radical (unpaired) electrons. The van der Waals surface area contributed by atoms with Gasteiger partial charge >= 0.3 is 0 Å². The lowest BCUT2D eigenvalue weighted by molar-refractivity contribution is 1.44. The Hall–Kier alpha value is -3.11. The fraction of sp³-hybridized carbons (Fsp3) is 0. The summed E-state index contributed by atoms with van der Waals surface area (Å²) in [5.74, 6) is 0. The van der Waals surface area contributed by atoms with Gasteiger partial charge in [-0.15, -0.1) is 11.3 Å². The number of hydrogen-bond acceptors (Lipinski definition) is 4. The molecule has 0 atom stereocenters. The maximum Gasteiger partial charge on any atom is 0.198 e. The first-order valence-electron chi connectivity index (χ1n) is 8.01. The van der Waals surface area contributed by atoms with Gasteiger partial charge < -0.3 is 5.43 Å². The zero-order valence-corrected chi connectivity index (χ0v) is 14.2. The van der Waals surface area contributed by atoms with E-state index in [2.05, 4.69) is 10.9 Å². The van der Waals surface area contributed by atoms with Crippen molar-refractivity contribution in [2.24, 2.45) is 0 Å². The van der Waals surface area contributed by atoms with Gasteiger partial charge in [-0.05, 0) is 29.8 Å². The van der Waals surface area contributed by atoms with Crippen LogP contribution in [0.15, 0.2) is 89.7 Å². The summed E-state index contributed by atoms with van der Waals surface area (Å²) in [5, 5.41) is 1.55. The third-order valence-electron chi connectivity index (χ3n) is 3.95. The molecule has 0 fully saturated rings.